The number of pyridine rings is 1. The highest BCUT2D eigenvalue weighted by Crippen LogP contribution is 2.08. The molecule has 0 aliphatic rings. The van der Waals surface area contributed by atoms with Crippen molar-refractivity contribution in [2.45, 2.75) is 20.0 Å². The summed E-state index contributed by atoms with van der Waals surface area (Å²) in [4.78, 5) is 18.0. The Morgan fingerprint density at radius 3 is 2.95 bits per heavy atom. The molecule has 0 aromatic carbocycles. The summed E-state index contributed by atoms with van der Waals surface area (Å²) in [5.74, 6) is 5.51. The van der Waals surface area contributed by atoms with Crippen LogP contribution < -0.4 is 5.73 Å². The van der Waals surface area contributed by atoms with Gasteiger partial charge in [0.15, 0.2) is 0 Å². The fourth-order valence-corrected chi connectivity index (χ4v) is 1.56. The van der Waals surface area contributed by atoms with Crippen LogP contribution in [0.15, 0.2) is 18.5 Å². The van der Waals surface area contributed by atoms with Crippen LogP contribution in [0, 0.1) is 11.8 Å². The fourth-order valence-electron chi connectivity index (χ4n) is 1.56. The molecule has 0 unspecified atom stereocenters. The Morgan fingerprint density at radius 1 is 1.55 bits per heavy atom. The zero-order valence-corrected chi connectivity index (χ0v) is 12.2. The molecule has 1 aromatic rings. The summed E-state index contributed by atoms with van der Waals surface area (Å²) in [6.45, 7) is 5.22. The summed E-state index contributed by atoms with van der Waals surface area (Å²) in [5.41, 5.74) is 6.48. The Kier molecular flexibility index (Phi) is 6.71. The van der Waals surface area contributed by atoms with Gasteiger partial charge < -0.3 is 15.4 Å². The number of carbonyl (C=O) groups is 1. The van der Waals surface area contributed by atoms with Crippen molar-refractivity contribution in [1.29, 1.82) is 0 Å². The van der Waals surface area contributed by atoms with Crippen molar-refractivity contribution < 1.29 is 9.53 Å². The smallest absolute Gasteiger partial charge is 0.255 e. The fraction of sp³-hybridized carbons (Fsp3) is 0.467. The Morgan fingerprint density at radius 2 is 2.30 bits per heavy atom. The van der Waals surface area contributed by atoms with E-state index in [1.54, 1.807) is 30.4 Å². The van der Waals surface area contributed by atoms with E-state index in [1.165, 1.54) is 0 Å². The van der Waals surface area contributed by atoms with Crippen LogP contribution in [-0.2, 0) is 4.74 Å². The number of hydrogen-bond acceptors (Lipinski definition) is 4. The van der Waals surface area contributed by atoms with E-state index in [0.717, 1.165) is 0 Å². The first-order chi connectivity index (χ1) is 9.56. The van der Waals surface area contributed by atoms with Gasteiger partial charge in [0.25, 0.3) is 5.91 Å². The molecule has 0 radical (unpaired) electrons. The molecule has 108 valence electrons. The van der Waals surface area contributed by atoms with Gasteiger partial charge in [0.05, 0.1) is 30.4 Å². The normalized spacial score (nSPS) is 10.1. The van der Waals surface area contributed by atoms with E-state index in [-0.39, 0.29) is 18.6 Å². The molecular formula is C15H21N3O2. The minimum absolute atomic E-state index is 0.0962. The topological polar surface area (TPSA) is 68.5 Å². The lowest BCUT2D eigenvalue weighted by Gasteiger charge is -2.18. The van der Waals surface area contributed by atoms with E-state index < -0.39 is 0 Å². The number of carbonyl (C=O) groups excluding carboxylic acids is 1. The van der Waals surface area contributed by atoms with E-state index >= 15 is 0 Å². The first kappa shape index (κ1) is 16.2. The van der Waals surface area contributed by atoms with Gasteiger partial charge in [-0.05, 0) is 19.9 Å². The lowest BCUT2D eigenvalue weighted by molar-refractivity contribution is 0.0532. The number of nitrogens with zero attached hydrogens (tertiary/aromatic N) is 2. The SMILES string of the molecule is CC(C)OCCN(C)C(=O)c1ccncc1C#CCN. The third-order valence-electron chi connectivity index (χ3n) is 2.60. The highest BCUT2D eigenvalue weighted by atomic mass is 16.5. The van der Waals surface area contributed by atoms with Crippen molar-refractivity contribution >= 4 is 5.91 Å². The van der Waals surface area contributed by atoms with Crippen LogP contribution in [-0.4, -0.2) is 48.6 Å². The number of amides is 1. The molecule has 0 saturated heterocycles. The Balaban J connectivity index is 2.76. The minimum atomic E-state index is -0.0962. The van der Waals surface area contributed by atoms with Crippen molar-refractivity contribution in [2.24, 2.45) is 5.73 Å². The molecule has 0 aliphatic heterocycles. The summed E-state index contributed by atoms with van der Waals surface area (Å²) >= 11 is 0. The van der Waals surface area contributed by atoms with Crippen LogP contribution in [0.2, 0.25) is 0 Å². The number of aromatic nitrogens is 1. The molecule has 20 heavy (non-hydrogen) atoms. The summed E-state index contributed by atoms with van der Waals surface area (Å²) in [6.07, 6.45) is 3.32. The van der Waals surface area contributed by atoms with Gasteiger partial charge in [-0.15, -0.1) is 0 Å². The quantitative estimate of drug-likeness (QED) is 0.810. The van der Waals surface area contributed by atoms with Gasteiger partial charge in [-0.3, -0.25) is 9.78 Å². The lowest BCUT2D eigenvalue weighted by atomic mass is 10.1. The van der Waals surface area contributed by atoms with Gasteiger partial charge in [0.1, 0.15) is 0 Å². The van der Waals surface area contributed by atoms with E-state index in [4.69, 9.17) is 10.5 Å². The Bertz CT molecular complexity index is 503. The molecule has 0 fully saturated rings. The van der Waals surface area contributed by atoms with Crippen LogP contribution in [0.4, 0.5) is 0 Å². The van der Waals surface area contributed by atoms with Crippen molar-refractivity contribution in [3.63, 3.8) is 0 Å². The first-order valence-corrected chi connectivity index (χ1v) is 6.56. The Hall–Kier alpha value is -1.90. The maximum Gasteiger partial charge on any atom is 0.255 e. The number of rotatable bonds is 5. The maximum absolute atomic E-state index is 12.3. The van der Waals surface area contributed by atoms with E-state index in [0.29, 0.717) is 24.3 Å². The van der Waals surface area contributed by atoms with Crippen molar-refractivity contribution in [2.75, 3.05) is 26.7 Å². The lowest BCUT2D eigenvalue weighted by Crippen LogP contribution is -2.31. The Labute approximate surface area is 120 Å². The summed E-state index contributed by atoms with van der Waals surface area (Å²) in [6, 6.07) is 1.67. The molecule has 0 aliphatic carbocycles. The van der Waals surface area contributed by atoms with Gasteiger partial charge in [0.2, 0.25) is 0 Å². The third kappa shape index (κ3) is 5.00. The predicted molar refractivity (Wildman–Crippen MR) is 78.2 cm³/mol. The van der Waals surface area contributed by atoms with E-state index in [1.807, 2.05) is 13.8 Å². The van der Waals surface area contributed by atoms with Crippen molar-refractivity contribution in [3.8, 4) is 11.8 Å². The molecule has 0 bridgehead atoms. The second-order valence-corrected chi connectivity index (χ2v) is 4.57. The largest absolute Gasteiger partial charge is 0.377 e. The monoisotopic (exact) mass is 275 g/mol. The predicted octanol–water partition coefficient (Wildman–Crippen LogP) is 0.889. The van der Waals surface area contributed by atoms with Crippen LogP contribution in [0.1, 0.15) is 29.8 Å². The van der Waals surface area contributed by atoms with Gasteiger partial charge in [-0.1, -0.05) is 11.8 Å². The summed E-state index contributed by atoms with van der Waals surface area (Å²) < 4.78 is 5.44. The number of nitrogens with two attached hydrogens (primary N) is 1. The van der Waals surface area contributed by atoms with Crippen LogP contribution in [0.25, 0.3) is 0 Å². The average Bonchev–Trinajstić information content (AvgIpc) is 2.44. The first-order valence-electron chi connectivity index (χ1n) is 6.56. The number of likely N-dealkylation sites (N-methyl/N-ethyl adjacent to an activating group) is 1. The molecule has 1 aromatic heterocycles. The molecule has 0 atom stereocenters. The molecule has 0 saturated carbocycles. The maximum atomic E-state index is 12.3. The summed E-state index contributed by atoms with van der Waals surface area (Å²) in [7, 11) is 1.74. The van der Waals surface area contributed by atoms with Gasteiger partial charge >= 0.3 is 0 Å². The average molecular weight is 275 g/mol. The standard InChI is InChI=1S/C15H21N3O2/c1-12(2)20-10-9-18(3)15(19)14-6-8-17-11-13(14)5-4-7-16/h6,8,11-12H,7,9-10,16H2,1-3H3. The van der Waals surface area contributed by atoms with Gasteiger partial charge in [-0.2, -0.15) is 0 Å². The third-order valence-corrected chi connectivity index (χ3v) is 2.60. The van der Waals surface area contributed by atoms with E-state index in [2.05, 4.69) is 16.8 Å². The zero-order valence-electron chi connectivity index (χ0n) is 12.2. The van der Waals surface area contributed by atoms with E-state index in [9.17, 15) is 4.79 Å². The van der Waals surface area contributed by atoms with Gasteiger partial charge in [-0.25, -0.2) is 0 Å². The zero-order chi connectivity index (χ0) is 15.0. The highest BCUT2D eigenvalue weighted by Gasteiger charge is 2.14. The second kappa shape index (κ2) is 8.31. The highest BCUT2D eigenvalue weighted by molar-refractivity contribution is 5.96. The molecule has 2 N–H and O–H groups in total. The van der Waals surface area contributed by atoms with Crippen molar-refractivity contribution in [3.05, 3.63) is 29.6 Å². The molecule has 1 amide bonds. The number of ether oxygens (including phenoxy) is 1. The van der Waals surface area contributed by atoms with Crippen LogP contribution in [0.3, 0.4) is 0 Å². The molecule has 0 spiro atoms. The van der Waals surface area contributed by atoms with Gasteiger partial charge in [0, 0.05) is 26.0 Å². The summed E-state index contributed by atoms with van der Waals surface area (Å²) in [5, 5.41) is 0. The molecule has 1 rings (SSSR count). The van der Waals surface area contributed by atoms with Crippen LogP contribution >= 0.6 is 0 Å². The molecular weight excluding hydrogens is 254 g/mol. The molecule has 5 heteroatoms. The number of hydrogen-bond donors (Lipinski definition) is 1. The molecule has 1 heterocycles. The molecule has 5 nitrogen and oxygen atoms in total. The van der Waals surface area contributed by atoms with Crippen molar-refractivity contribution in [1.82, 2.24) is 9.88 Å². The van der Waals surface area contributed by atoms with Crippen LogP contribution in [0.5, 0.6) is 0 Å². The second-order valence-electron chi connectivity index (χ2n) is 4.57. The minimum Gasteiger partial charge on any atom is -0.377 e.